The summed E-state index contributed by atoms with van der Waals surface area (Å²) in [6.07, 6.45) is -1.30. The van der Waals surface area contributed by atoms with Crippen molar-refractivity contribution in [3.05, 3.63) is 69.3 Å². The van der Waals surface area contributed by atoms with E-state index in [-0.39, 0.29) is 28.8 Å². The molecule has 10 nitrogen and oxygen atoms in total. The summed E-state index contributed by atoms with van der Waals surface area (Å²) in [7, 11) is 4.24. The second kappa shape index (κ2) is 10.7. The van der Waals surface area contributed by atoms with Gasteiger partial charge in [0.05, 0.1) is 5.69 Å². The van der Waals surface area contributed by atoms with Gasteiger partial charge in [-0.15, -0.1) is 0 Å². The quantitative estimate of drug-likeness (QED) is 0.279. The molecule has 0 radical (unpaired) electrons. The summed E-state index contributed by atoms with van der Waals surface area (Å²) in [6, 6.07) is 9.15. The first kappa shape index (κ1) is 26.6. The Morgan fingerprint density at radius 1 is 1.14 bits per heavy atom. The van der Waals surface area contributed by atoms with Crippen molar-refractivity contribution in [3.63, 3.8) is 0 Å². The number of hydrogen-bond acceptors (Lipinski definition) is 8. The number of benzene rings is 2. The van der Waals surface area contributed by atoms with Crippen molar-refractivity contribution in [2.24, 2.45) is 0 Å². The van der Waals surface area contributed by atoms with E-state index >= 15 is 4.39 Å². The van der Waals surface area contributed by atoms with Crippen molar-refractivity contribution in [1.29, 1.82) is 0 Å². The summed E-state index contributed by atoms with van der Waals surface area (Å²) in [5.74, 6) is -0.482. The van der Waals surface area contributed by atoms with E-state index in [1.54, 1.807) is 26.2 Å². The highest BCUT2D eigenvalue weighted by Gasteiger charge is 2.20. The van der Waals surface area contributed by atoms with Gasteiger partial charge < -0.3 is 19.2 Å². The van der Waals surface area contributed by atoms with Crippen molar-refractivity contribution >= 4 is 26.9 Å². The highest BCUT2D eigenvalue weighted by Crippen LogP contribution is 2.28. The zero-order valence-corrected chi connectivity index (χ0v) is 20.9. The molecular weight excluding hydrogens is 479 g/mol. The molecule has 12 heteroatoms. The first-order valence-corrected chi connectivity index (χ1v) is 12.1. The van der Waals surface area contributed by atoms with E-state index < -0.39 is 28.1 Å². The zero-order chi connectivity index (χ0) is 25.9. The van der Waals surface area contributed by atoms with Crippen molar-refractivity contribution < 1.29 is 27.1 Å². The van der Waals surface area contributed by atoms with E-state index in [4.69, 9.17) is 9.15 Å². The summed E-state index contributed by atoms with van der Waals surface area (Å²) < 4.78 is 54.0. The van der Waals surface area contributed by atoms with Crippen LogP contribution in [0.1, 0.15) is 16.7 Å². The number of halogens is 1. The Morgan fingerprint density at radius 3 is 2.49 bits per heavy atom. The van der Waals surface area contributed by atoms with Crippen LogP contribution >= 0.6 is 0 Å². The van der Waals surface area contributed by atoms with E-state index in [2.05, 4.69) is 9.44 Å². The molecule has 35 heavy (non-hydrogen) atoms. The van der Waals surface area contributed by atoms with Gasteiger partial charge in [-0.2, -0.15) is 8.42 Å². The fourth-order valence-corrected chi connectivity index (χ4v) is 3.99. The smallest absolute Gasteiger partial charge is 0.340 e. The molecular formula is C23H29FN4O6S. The minimum absolute atomic E-state index is 0.111. The van der Waals surface area contributed by atoms with Gasteiger partial charge in [0.1, 0.15) is 11.3 Å². The molecule has 0 amide bonds. The van der Waals surface area contributed by atoms with Crippen LogP contribution in [0, 0.1) is 5.82 Å². The van der Waals surface area contributed by atoms with E-state index in [0.717, 1.165) is 0 Å². The lowest BCUT2D eigenvalue weighted by Gasteiger charge is -2.20. The van der Waals surface area contributed by atoms with Crippen LogP contribution in [0.2, 0.25) is 0 Å². The second-order valence-electron chi connectivity index (χ2n) is 8.42. The number of fused-ring (bicyclic) bond motifs is 1. The van der Waals surface area contributed by atoms with Gasteiger partial charge in [-0.25, -0.2) is 13.9 Å². The van der Waals surface area contributed by atoms with E-state index in [1.165, 1.54) is 36.2 Å². The van der Waals surface area contributed by atoms with Gasteiger partial charge in [0.15, 0.2) is 5.82 Å². The van der Waals surface area contributed by atoms with Crippen molar-refractivity contribution in [2.75, 3.05) is 40.0 Å². The van der Waals surface area contributed by atoms with Crippen LogP contribution in [0.15, 0.2) is 45.6 Å². The van der Waals surface area contributed by atoms with Crippen LogP contribution in [0.25, 0.3) is 11.0 Å². The molecule has 1 heterocycles. The van der Waals surface area contributed by atoms with Gasteiger partial charge in [0, 0.05) is 37.0 Å². The van der Waals surface area contributed by atoms with Gasteiger partial charge in [-0.05, 0) is 57.5 Å². The maximum Gasteiger partial charge on any atom is 0.340 e. The zero-order valence-electron chi connectivity index (χ0n) is 20.1. The third kappa shape index (κ3) is 6.35. The summed E-state index contributed by atoms with van der Waals surface area (Å²) in [4.78, 5) is 16.4. The number of ether oxygens (including phenoxy) is 1. The molecule has 0 fully saturated rings. The number of anilines is 1. The summed E-state index contributed by atoms with van der Waals surface area (Å²) >= 11 is 0. The second-order valence-corrected chi connectivity index (χ2v) is 10.0. The van der Waals surface area contributed by atoms with Crippen LogP contribution in [-0.4, -0.2) is 65.0 Å². The molecule has 190 valence electrons. The minimum atomic E-state index is -3.92. The van der Waals surface area contributed by atoms with Crippen molar-refractivity contribution in [2.45, 2.75) is 19.4 Å². The molecule has 0 aliphatic rings. The van der Waals surface area contributed by atoms with Gasteiger partial charge in [0.25, 0.3) is 16.6 Å². The molecule has 0 spiro atoms. The van der Waals surface area contributed by atoms with Crippen molar-refractivity contribution in [1.82, 2.24) is 14.5 Å². The molecule has 1 aromatic heterocycles. The Morgan fingerprint density at radius 2 is 1.86 bits per heavy atom. The average molecular weight is 509 g/mol. The van der Waals surface area contributed by atoms with Gasteiger partial charge in [0.2, 0.25) is 0 Å². The molecule has 0 saturated heterocycles. The number of aliphatic hydroxyl groups excluding tert-OH is 1. The molecule has 3 rings (SSSR count). The lowest BCUT2D eigenvalue weighted by molar-refractivity contribution is -0.114. The first-order valence-electron chi connectivity index (χ1n) is 10.6. The molecule has 3 aromatic rings. The topological polar surface area (TPSA) is 124 Å². The fraction of sp³-hybridized carbons (Fsp3) is 0.348. The number of aliphatic hydroxyl groups is 1. The highest BCUT2D eigenvalue weighted by atomic mass is 32.2. The predicted molar refractivity (Wildman–Crippen MR) is 131 cm³/mol. The van der Waals surface area contributed by atoms with Crippen LogP contribution in [0.3, 0.4) is 0 Å². The number of nitrogens with one attached hydrogen (secondary N) is 2. The maximum absolute atomic E-state index is 15.2. The molecule has 1 atom stereocenters. The Hall–Kier alpha value is -3.03. The Labute approximate surface area is 203 Å². The molecule has 0 aliphatic heterocycles. The van der Waals surface area contributed by atoms with Crippen LogP contribution in [-0.2, 0) is 23.2 Å². The lowest BCUT2D eigenvalue weighted by atomic mass is 9.97. The summed E-state index contributed by atoms with van der Waals surface area (Å²) in [5, 5.41) is 10.6. The average Bonchev–Trinajstić information content (AvgIpc) is 2.77. The van der Waals surface area contributed by atoms with Crippen LogP contribution in [0.4, 0.5) is 10.1 Å². The van der Waals surface area contributed by atoms with Crippen LogP contribution < -0.4 is 19.8 Å². The van der Waals surface area contributed by atoms with Crippen molar-refractivity contribution in [3.8, 4) is 5.75 Å². The summed E-state index contributed by atoms with van der Waals surface area (Å²) in [5.41, 5.74) is 0.386. The standard InChI is InChI=1S/C23H29FN4O6S/c1-25-35(31,32)26-19-8-6-7-14(21(19)24)11-17-18(13-27(2)3)16-10-9-15(33-23(30)28(4)5)12-20(16)34-22(17)29/h6-10,12,23,25-26,30H,11,13H2,1-5H3. The monoisotopic (exact) mass is 508 g/mol. The Bertz CT molecular complexity index is 1370. The molecule has 0 saturated carbocycles. The molecule has 3 N–H and O–H groups in total. The molecule has 1 unspecified atom stereocenters. The maximum atomic E-state index is 15.2. The third-order valence-electron chi connectivity index (χ3n) is 5.21. The number of hydrogen-bond donors (Lipinski definition) is 3. The van der Waals surface area contributed by atoms with Gasteiger partial charge in [-0.3, -0.25) is 9.62 Å². The molecule has 0 bridgehead atoms. The predicted octanol–water partition coefficient (Wildman–Crippen LogP) is 1.68. The van der Waals surface area contributed by atoms with E-state index in [1.807, 2.05) is 19.0 Å². The Kier molecular flexibility index (Phi) is 8.13. The van der Waals surface area contributed by atoms with Gasteiger partial charge >= 0.3 is 5.63 Å². The highest BCUT2D eigenvalue weighted by molar-refractivity contribution is 7.90. The SMILES string of the molecule is CNS(=O)(=O)Nc1cccc(Cc2c(CN(C)C)c3ccc(OC(O)N(C)C)cc3oc2=O)c1F. The first-order chi connectivity index (χ1) is 16.4. The van der Waals surface area contributed by atoms with Crippen LogP contribution in [0.5, 0.6) is 5.75 Å². The van der Waals surface area contributed by atoms with Gasteiger partial charge in [-0.1, -0.05) is 12.1 Å². The molecule has 0 aliphatic carbocycles. The third-order valence-corrected chi connectivity index (χ3v) is 6.23. The minimum Gasteiger partial charge on any atom is -0.451 e. The largest absolute Gasteiger partial charge is 0.451 e. The molecule has 2 aromatic carbocycles. The number of rotatable bonds is 10. The lowest BCUT2D eigenvalue weighted by Crippen LogP contribution is -2.32. The summed E-state index contributed by atoms with van der Waals surface area (Å²) in [6.45, 7) is 0.367. The van der Waals surface area contributed by atoms with E-state index in [9.17, 15) is 18.3 Å². The van der Waals surface area contributed by atoms with E-state index in [0.29, 0.717) is 23.2 Å². The normalized spacial score (nSPS) is 12.9. The number of nitrogens with zero attached hydrogens (tertiary/aromatic N) is 2. The Balaban J connectivity index is 2.08. The fourth-order valence-electron chi connectivity index (χ4n) is 3.44.